The van der Waals surface area contributed by atoms with Gasteiger partial charge in [0.2, 0.25) is 5.91 Å². The van der Waals surface area contributed by atoms with Crippen LogP contribution in [0.5, 0.6) is 0 Å². The number of amides is 2. The van der Waals surface area contributed by atoms with Crippen LogP contribution in [-0.2, 0) is 14.3 Å². The molecule has 0 aromatic heterocycles. The van der Waals surface area contributed by atoms with Crippen molar-refractivity contribution in [2.75, 3.05) is 12.4 Å². The standard InChI is InChI=1S/C25H28N2O5S/c1-3-8-22-27(21(14-33-22)24(29)30)23(28)15(2)26-25(31)32-13-20-18-11-6-4-9-16(18)17-10-5-7-12-19(17)20/h4-7,9-12,15,20-22H,3,8,13-14H2,1-2H3,(H,26,31)(H,29,30). The molecule has 1 heterocycles. The van der Waals surface area contributed by atoms with E-state index in [4.69, 9.17) is 4.74 Å². The predicted octanol–water partition coefficient (Wildman–Crippen LogP) is 4.07. The Morgan fingerprint density at radius 2 is 1.73 bits per heavy atom. The largest absolute Gasteiger partial charge is 0.480 e. The lowest BCUT2D eigenvalue weighted by molar-refractivity contribution is -0.149. The molecule has 1 aliphatic heterocycles. The summed E-state index contributed by atoms with van der Waals surface area (Å²) in [5, 5.41) is 11.9. The molecule has 1 fully saturated rings. The minimum absolute atomic E-state index is 0.0746. The minimum atomic E-state index is -1.03. The van der Waals surface area contributed by atoms with Gasteiger partial charge < -0.3 is 20.1 Å². The van der Waals surface area contributed by atoms with Crippen molar-refractivity contribution in [3.63, 3.8) is 0 Å². The van der Waals surface area contributed by atoms with E-state index in [9.17, 15) is 19.5 Å². The Morgan fingerprint density at radius 3 is 2.30 bits per heavy atom. The number of carboxylic acid groups (broad SMARTS) is 1. The lowest BCUT2D eigenvalue weighted by atomic mass is 9.98. The number of benzene rings is 2. The smallest absolute Gasteiger partial charge is 0.407 e. The van der Waals surface area contributed by atoms with Gasteiger partial charge in [-0.3, -0.25) is 4.79 Å². The molecule has 4 rings (SSSR count). The second-order valence-corrected chi connectivity index (χ2v) is 9.58. The van der Waals surface area contributed by atoms with Gasteiger partial charge in [0.05, 0.1) is 5.37 Å². The zero-order valence-electron chi connectivity index (χ0n) is 18.7. The van der Waals surface area contributed by atoms with Crippen LogP contribution in [0, 0.1) is 0 Å². The van der Waals surface area contributed by atoms with Crippen LogP contribution >= 0.6 is 11.8 Å². The molecule has 7 nitrogen and oxygen atoms in total. The van der Waals surface area contributed by atoms with Gasteiger partial charge in [-0.25, -0.2) is 9.59 Å². The van der Waals surface area contributed by atoms with Gasteiger partial charge in [-0.1, -0.05) is 61.9 Å². The highest BCUT2D eigenvalue weighted by Crippen LogP contribution is 2.44. The average molecular weight is 469 g/mol. The molecule has 2 aromatic rings. The fourth-order valence-electron chi connectivity index (χ4n) is 4.62. The first-order chi connectivity index (χ1) is 15.9. The minimum Gasteiger partial charge on any atom is -0.480 e. The Hall–Kier alpha value is -3.00. The van der Waals surface area contributed by atoms with E-state index in [2.05, 4.69) is 17.4 Å². The molecule has 1 aliphatic carbocycles. The van der Waals surface area contributed by atoms with Crippen molar-refractivity contribution in [1.82, 2.24) is 10.2 Å². The Bertz CT molecular complexity index is 1010. The molecule has 1 saturated heterocycles. The van der Waals surface area contributed by atoms with E-state index in [1.807, 2.05) is 43.3 Å². The van der Waals surface area contributed by atoms with Gasteiger partial charge in [-0.15, -0.1) is 11.8 Å². The number of carbonyl (C=O) groups excluding carboxylic acids is 2. The fraction of sp³-hybridized carbons (Fsp3) is 0.400. The molecule has 0 saturated carbocycles. The summed E-state index contributed by atoms with van der Waals surface area (Å²) in [6.07, 6.45) is 0.850. The maximum Gasteiger partial charge on any atom is 0.407 e. The number of hydrogen-bond donors (Lipinski definition) is 2. The highest BCUT2D eigenvalue weighted by Gasteiger charge is 2.42. The second-order valence-electron chi connectivity index (χ2n) is 8.37. The summed E-state index contributed by atoms with van der Waals surface area (Å²) >= 11 is 1.47. The molecule has 2 amide bonds. The molecule has 0 spiro atoms. The number of nitrogens with zero attached hydrogens (tertiary/aromatic N) is 1. The molecule has 2 aromatic carbocycles. The van der Waals surface area contributed by atoms with E-state index in [1.54, 1.807) is 6.92 Å². The van der Waals surface area contributed by atoms with Crippen LogP contribution in [-0.4, -0.2) is 57.8 Å². The van der Waals surface area contributed by atoms with Crippen LogP contribution in [0.3, 0.4) is 0 Å². The van der Waals surface area contributed by atoms with E-state index in [0.29, 0.717) is 12.2 Å². The molecular weight excluding hydrogens is 440 g/mol. The third-order valence-electron chi connectivity index (χ3n) is 6.22. The lowest BCUT2D eigenvalue weighted by Crippen LogP contribution is -2.53. The number of rotatable bonds is 7. The van der Waals surface area contributed by atoms with Crippen molar-refractivity contribution < 1.29 is 24.2 Å². The van der Waals surface area contributed by atoms with Gasteiger partial charge in [-0.2, -0.15) is 0 Å². The Morgan fingerprint density at radius 1 is 1.12 bits per heavy atom. The zero-order valence-corrected chi connectivity index (χ0v) is 19.5. The monoisotopic (exact) mass is 468 g/mol. The second kappa shape index (κ2) is 9.87. The molecule has 174 valence electrons. The van der Waals surface area contributed by atoms with E-state index in [0.717, 1.165) is 28.7 Å². The van der Waals surface area contributed by atoms with E-state index in [1.165, 1.54) is 16.7 Å². The number of carbonyl (C=O) groups is 3. The summed E-state index contributed by atoms with van der Waals surface area (Å²) in [7, 11) is 0. The third kappa shape index (κ3) is 4.57. The summed E-state index contributed by atoms with van der Waals surface area (Å²) in [6.45, 7) is 3.71. The number of fused-ring (bicyclic) bond motifs is 3. The molecule has 0 bridgehead atoms. The number of hydrogen-bond acceptors (Lipinski definition) is 5. The van der Waals surface area contributed by atoms with Crippen LogP contribution in [0.25, 0.3) is 11.1 Å². The van der Waals surface area contributed by atoms with Crippen molar-refractivity contribution in [2.45, 2.75) is 50.1 Å². The third-order valence-corrected chi connectivity index (χ3v) is 7.57. The molecule has 0 radical (unpaired) electrons. The molecule has 3 atom stereocenters. The van der Waals surface area contributed by atoms with E-state index >= 15 is 0 Å². The van der Waals surface area contributed by atoms with Gasteiger partial charge >= 0.3 is 12.1 Å². The van der Waals surface area contributed by atoms with Crippen molar-refractivity contribution >= 4 is 29.7 Å². The van der Waals surface area contributed by atoms with Crippen molar-refractivity contribution in [1.29, 1.82) is 0 Å². The molecule has 2 aliphatic rings. The summed E-state index contributed by atoms with van der Waals surface area (Å²) in [5.41, 5.74) is 4.49. The molecule has 33 heavy (non-hydrogen) atoms. The SMILES string of the molecule is CCCC1SCC(C(=O)O)N1C(=O)C(C)NC(=O)OCC1c2ccccc2-c2ccccc21. The summed E-state index contributed by atoms with van der Waals surface area (Å²) in [6, 6.07) is 14.4. The van der Waals surface area contributed by atoms with Crippen LogP contribution < -0.4 is 5.32 Å². The summed E-state index contributed by atoms with van der Waals surface area (Å²) in [4.78, 5) is 38.6. The molecule has 3 unspecified atom stereocenters. The Balaban J connectivity index is 1.40. The zero-order chi connectivity index (χ0) is 23.5. The van der Waals surface area contributed by atoms with Crippen LogP contribution in [0.2, 0.25) is 0 Å². The molecular formula is C25H28N2O5S. The predicted molar refractivity (Wildman–Crippen MR) is 127 cm³/mol. The number of thioether (sulfide) groups is 1. The van der Waals surface area contributed by atoms with Crippen LogP contribution in [0.4, 0.5) is 4.79 Å². The first-order valence-corrected chi connectivity index (χ1v) is 12.2. The number of alkyl carbamates (subject to hydrolysis) is 1. The lowest BCUT2D eigenvalue weighted by Gasteiger charge is -2.30. The summed E-state index contributed by atoms with van der Waals surface area (Å²) in [5.74, 6) is -1.15. The Kier molecular flexibility index (Phi) is 6.93. The average Bonchev–Trinajstić information content (AvgIpc) is 3.37. The van der Waals surface area contributed by atoms with Crippen molar-refractivity contribution in [2.24, 2.45) is 0 Å². The maximum absolute atomic E-state index is 13.0. The van der Waals surface area contributed by atoms with E-state index in [-0.39, 0.29) is 17.9 Å². The van der Waals surface area contributed by atoms with Gasteiger partial charge in [-0.05, 0) is 35.6 Å². The van der Waals surface area contributed by atoms with Gasteiger partial charge in [0.25, 0.3) is 0 Å². The number of ether oxygens (including phenoxy) is 1. The maximum atomic E-state index is 13.0. The molecule has 8 heteroatoms. The first-order valence-electron chi connectivity index (χ1n) is 11.2. The van der Waals surface area contributed by atoms with Crippen LogP contribution in [0.15, 0.2) is 48.5 Å². The number of nitrogens with one attached hydrogen (secondary N) is 1. The van der Waals surface area contributed by atoms with Crippen LogP contribution in [0.1, 0.15) is 43.7 Å². The van der Waals surface area contributed by atoms with Gasteiger partial charge in [0.1, 0.15) is 18.7 Å². The highest BCUT2D eigenvalue weighted by molar-refractivity contribution is 8.00. The normalized spacial score (nSPS) is 20.1. The fourth-order valence-corrected chi connectivity index (χ4v) is 6.14. The highest BCUT2D eigenvalue weighted by atomic mass is 32.2. The molecule has 2 N–H and O–H groups in total. The van der Waals surface area contributed by atoms with Crippen molar-refractivity contribution in [3.8, 4) is 11.1 Å². The van der Waals surface area contributed by atoms with Gasteiger partial charge in [0.15, 0.2) is 0 Å². The number of aliphatic carboxylic acids is 1. The Labute approximate surface area is 197 Å². The van der Waals surface area contributed by atoms with Crippen molar-refractivity contribution in [3.05, 3.63) is 59.7 Å². The van der Waals surface area contributed by atoms with Gasteiger partial charge in [0, 0.05) is 11.7 Å². The quantitative estimate of drug-likeness (QED) is 0.636. The van der Waals surface area contributed by atoms with E-state index < -0.39 is 30.1 Å². The topological polar surface area (TPSA) is 95.9 Å². The first kappa shape index (κ1) is 23.2. The summed E-state index contributed by atoms with van der Waals surface area (Å²) < 4.78 is 5.53. The number of carboxylic acids is 1.